The van der Waals surface area contributed by atoms with Crippen molar-refractivity contribution in [3.8, 4) is 0 Å². The zero-order chi connectivity index (χ0) is 11.1. The highest BCUT2D eigenvalue weighted by atomic mass is 32.2. The second kappa shape index (κ2) is 3.41. The number of aryl methyl sites for hydroxylation is 1. The summed E-state index contributed by atoms with van der Waals surface area (Å²) in [6.07, 6.45) is 3.43. The maximum absolute atomic E-state index is 11.6. The van der Waals surface area contributed by atoms with Crippen molar-refractivity contribution >= 4 is 21.5 Å². The Hall–Kier alpha value is -1.24. The molecule has 15 heavy (non-hydrogen) atoms. The first-order valence-electron chi connectivity index (χ1n) is 4.76. The van der Waals surface area contributed by atoms with Gasteiger partial charge in [-0.05, 0) is 18.8 Å². The van der Waals surface area contributed by atoms with Crippen LogP contribution < -0.4 is 10.5 Å². The maximum Gasteiger partial charge on any atom is 0.234 e. The van der Waals surface area contributed by atoms with Crippen LogP contribution >= 0.6 is 0 Å². The molecule has 1 aliphatic rings. The lowest BCUT2D eigenvalue weighted by Gasteiger charge is -2.08. The Morgan fingerprint density at radius 3 is 2.80 bits per heavy atom. The molecule has 2 rings (SSSR count). The number of hydrogen-bond donors (Lipinski definition) is 2. The number of nitrogens with zero attached hydrogens (tertiary/aromatic N) is 2. The quantitative estimate of drug-likeness (QED) is 0.770. The summed E-state index contributed by atoms with van der Waals surface area (Å²) < 4.78 is 27.2. The summed E-state index contributed by atoms with van der Waals surface area (Å²) in [5, 5.41) is 3.86. The molecule has 6 nitrogen and oxygen atoms in total. The molecule has 1 aliphatic carbocycles. The Kier molecular flexibility index (Phi) is 2.34. The van der Waals surface area contributed by atoms with E-state index in [1.54, 1.807) is 7.05 Å². The fourth-order valence-electron chi connectivity index (χ4n) is 1.36. The summed E-state index contributed by atoms with van der Waals surface area (Å²) in [5.74, 6) is 0.838. The molecule has 7 heteroatoms. The Morgan fingerprint density at radius 1 is 1.67 bits per heavy atom. The van der Waals surface area contributed by atoms with Gasteiger partial charge in [0, 0.05) is 7.05 Å². The molecule has 0 aromatic carbocycles. The Balaban J connectivity index is 2.13. The average Bonchev–Trinajstić information content (AvgIpc) is 2.87. The van der Waals surface area contributed by atoms with Crippen LogP contribution in [0.1, 0.15) is 12.8 Å². The monoisotopic (exact) mass is 230 g/mol. The van der Waals surface area contributed by atoms with Crippen LogP contribution in [0.2, 0.25) is 0 Å². The minimum Gasteiger partial charge on any atom is -0.394 e. The summed E-state index contributed by atoms with van der Waals surface area (Å²) in [7, 11) is -1.63. The zero-order valence-electron chi connectivity index (χ0n) is 8.47. The van der Waals surface area contributed by atoms with Gasteiger partial charge in [-0.3, -0.25) is 9.40 Å². The van der Waals surface area contributed by atoms with Crippen molar-refractivity contribution in [2.75, 3.05) is 16.2 Å². The third-order valence-electron chi connectivity index (χ3n) is 2.37. The van der Waals surface area contributed by atoms with E-state index < -0.39 is 10.0 Å². The lowest BCUT2D eigenvalue weighted by molar-refractivity contribution is 0.596. The van der Waals surface area contributed by atoms with Gasteiger partial charge in [-0.15, -0.1) is 0 Å². The van der Waals surface area contributed by atoms with E-state index in [0.29, 0.717) is 17.4 Å². The third kappa shape index (κ3) is 2.41. The molecule has 0 radical (unpaired) electrons. The van der Waals surface area contributed by atoms with Gasteiger partial charge in [0.25, 0.3) is 0 Å². The molecule has 0 bridgehead atoms. The van der Waals surface area contributed by atoms with Crippen LogP contribution in [0, 0.1) is 5.92 Å². The molecule has 0 aliphatic heterocycles. The molecule has 1 heterocycles. The van der Waals surface area contributed by atoms with E-state index in [-0.39, 0.29) is 5.75 Å². The number of nitrogens with two attached hydrogens (primary N) is 1. The van der Waals surface area contributed by atoms with E-state index in [9.17, 15) is 8.42 Å². The topological polar surface area (TPSA) is 90.0 Å². The molecule has 0 saturated heterocycles. The third-order valence-corrected chi connectivity index (χ3v) is 3.79. The molecule has 0 spiro atoms. The van der Waals surface area contributed by atoms with Crippen LogP contribution in [-0.2, 0) is 17.1 Å². The molecule has 1 fully saturated rings. The van der Waals surface area contributed by atoms with Gasteiger partial charge in [-0.2, -0.15) is 5.10 Å². The summed E-state index contributed by atoms with van der Waals surface area (Å²) in [4.78, 5) is 0. The van der Waals surface area contributed by atoms with Crippen molar-refractivity contribution in [1.29, 1.82) is 0 Å². The van der Waals surface area contributed by atoms with Gasteiger partial charge in [-0.1, -0.05) is 0 Å². The Bertz CT molecular complexity index is 441. The van der Waals surface area contributed by atoms with Gasteiger partial charge in [0.05, 0.1) is 17.6 Å². The van der Waals surface area contributed by atoms with E-state index in [2.05, 4.69) is 9.82 Å². The second-order valence-electron chi connectivity index (χ2n) is 3.90. The first kappa shape index (κ1) is 10.3. The maximum atomic E-state index is 11.6. The lowest BCUT2D eigenvalue weighted by atomic mass is 10.5. The van der Waals surface area contributed by atoms with Gasteiger partial charge in [-0.25, -0.2) is 8.42 Å². The molecular weight excluding hydrogens is 216 g/mol. The highest BCUT2D eigenvalue weighted by Gasteiger charge is 2.28. The van der Waals surface area contributed by atoms with Crippen molar-refractivity contribution in [2.24, 2.45) is 13.0 Å². The van der Waals surface area contributed by atoms with E-state index in [0.717, 1.165) is 12.8 Å². The fourth-order valence-corrected chi connectivity index (χ4v) is 2.95. The van der Waals surface area contributed by atoms with Crippen molar-refractivity contribution in [3.05, 3.63) is 6.20 Å². The molecule has 84 valence electrons. The molecule has 0 unspecified atom stereocenters. The van der Waals surface area contributed by atoms with Crippen molar-refractivity contribution in [3.63, 3.8) is 0 Å². The van der Waals surface area contributed by atoms with Crippen LogP contribution in [0.25, 0.3) is 0 Å². The number of aromatic nitrogens is 2. The normalized spacial score (nSPS) is 16.6. The van der Waals surface area contributed by atoms with Crippen LogP contribution in [0.5, 0.6) is 0 Å². The van der Waals surface area contributed by atoms with Crippen LogP contribution in [-0.4, -0.2) is 24.0 Å². The van der Waals surface area contributed by atoms with Gasteiger partial charge in [0.15, 0.2) is 5.82 Å². The number of rotatable bonds is 4. The van der Waals surface area contributed by atoms with E-state index in [4.69, 9.17) is 5.73 Å². The smallest absolute Gasteiger partial charge is 0.234 e. The highest BCUT2D eigenvalue weighted by Crippen LogP contribution is 2.31. The Labute approximate surface area is 88.5 Å². The second-order valence-corrected chi connectivity index (χ2v) is 5.67. The molecule has 1 aromatic rings. The van der Waals surface area contributed by atoms with E-state index in [1.807, 2.05) is 0 Å². The van der Waals surface area contributed by atoms with Crippen molar-refractivity contribution in [2.45, 2.75) is 12.8 Å². The fraction of sp³-hybridized carbons (Fsp3) is 0.625. The number of anilines is 2. The number of nitrogen functional groups attached to an aromatic ring is 1. The van der Waals surface area contributed by atoms with Gasteiger partial charge >= 0.3 is 0 Å². The molecule has 0 atom stereocenters. The Morgan fingerprint density at radius 2 is 2.33 bits per heavy atom. The van der Waals surface area contributed by atoms with Crippen LogP contribution in [0.15, 0.2) is 6.20 Å². The summed E-state index contributed by atoms with van der Waals surface area (Å²) >= 11 is 0. The lowest BCUT2D eigenvalue weighted by Crippen LogP contribution is -2.20. The summed E-state index contributed by atoms with van der Waals surface area (Å²) in [6.45, 7) is 0. The summed E-state index contributed by atoms with van der Waals surface area (Å²) in [6, 6.07) is 0. The average molecular weight is 230 g/mol. The first-order valence-corrected chi connectivity index (χ1v) is 6.41. The van der Waals surface area contributed by atoms with Gasteiger partial charge in [0.2, 0.25) is 10.0 Å². The minimum absolute atomic E-state index is 0.178. The van der Waals surface area contributed by atoms with E-state index >= 15 is 0 Å². The highest BCUT2D eigenvalue weighted by molar-refractivity contribution is 7.92. The number of sulfonamides is 1. The molecule has 1 aromatic heterocycles. The zero-order valence-corrected chi connectivity index (χ0v) is 9.29. The standard InChI is InChI=1S/C8H14N4O2S/c1-12-8(7(9)4-10-12)11-15(13,14)5-6-2-3-6/h4,6,11H,2-3,5,9H2,1H3. The predicted molar refractivity (Wildman–Crippen MR) is 57.8 cm³/mol. The van der Waals surface area contributed by atoms with Crippen LogP contribution in [0.4, 0.5) is 11.5 Å². The minimum atomic E-state index is -3.28. The molecule has 0 amide bonds. The molecular formula is C8H14N4O2S. The SMILES string of the molecule is Cn1ncc(N)c1NS(=O)(=O)CC1CC1. The predicted octanol–water partition coefficient (Wildman–Crippen LogP) is 0.154. The van der Waals surface area contributed by atoms with Crippen molar-refractivity contribution in [1.82, 2.24) is 9.78 Å². The molecule has 3 N–H and O–H groups in total. The first-order chi connectivity index (χ1) is 6.98. The number of hydrogen-bond acceptors (Lipinski definition) is 4. The van der Waals surface area contributed by atoms with Gasteiger partial charge < -0.3 is 5.73 Å². The molecule has 1 saturated carbocycles. The number of nitrogens with one attached hydrogen (secondary N) is 1. The van der Waals surface area contributed by atoms with Crippen LogP contribution in [0.3, 0.4) is 0 Å². The van der Waals surface area contributed by atoms with Crippen molar-refractivity contribution < 1.29 is 8.42 Å². The van der Waals surface area contributed by atoms with E-state index in [1.165, 1.54) is 10.9 Å². The largest absolute Gasteiger partial charge is 0.394 e. The summed E-state index contributed by atoms with van der Waals surface area (Å²) in [5.41, 5.74) is 5.93. The van der Waals surface area contributed by atoms with Gasteiger partial charge in [0.1, 0.15) is 0 Å².